The van der Waals surface area contributed by atoms with Crippen LogP contribution in [0.2, 0.25) is 0 Å². The molecule has 0 aromatic heterocycles. The van der Waals surface area contributed by atoms with E-state index in [2.05, 4.69) is 39.8 Å². The first-order chi connectivity index (χ1) is 19.8. The van der Waals surface area contributed by atoms with Crippen molar-refractivity contribution in [3.05, 3.63) is 139 Å². The summed E-state index contributed by atoms with van der Waals surface area (Å²) in [6, 6.07) is 40.6. The molecule has 5 heteroatoms. The fourth-order valence-electron chi connectivity index (χ4n) is 4.95. The highest BCUT2D eigenvalue weighted by molar-refractivity contribution is 7.49. The maximum Gasteiger partial charge on any atom is 0.647 e. The van der Waals surface area contributed by atoms with E-state index >= 15 is 0 Å². The smallest absolute Gasteiger partial charge is 0.386 e. The zero-order valence-electron chi connectivity index (χ0n) is 23.9. The SMILES string of the molecule is CC(C)c1cccc(OP(=O)(Oc2ccccc2)Oc2cccc(C(C)C)c2-c2ccccc2)c1-c1ccccc1. The highest BCUT2D eigenvalue weighted by atomic mass is 31.2. The summed E-state index contributed by atoms with van der Waals surface area (Å²) in [4.78, 5) is 0. The molecular weight excluding hydrogens is 527 g/mol. The maximum atomic E-state index is 14.8. The van der Waals surface area contributed by atoms with E-state index in [1.807, 2.05) is 103 Å². The first kappa shape index (κ1) is 28.3. The van der Waals surface area contributed by atoms with Crippen LogP contribution in [-0.4, -0.2) is 0 Å². The quantitative estimate of drug-likeness (QED) is 0.159. The molecule has 0 unspecified atom stereocenters. The number of para-hydroxylation sites is 1. The van der Waals surface area contributed by atoms with Crippen LogP contribution in [0.4, 0.5) is 0 Å². The van der Waals surface area contributed by atoms with Crippen LogP contribution in [0.1, 0.15) is 50.7 Å². The average Bonchev–Trinajstić information content (AvgIpc) is 2.98. The van der Waals surface area contributed by atoms with Crippen molar-refractivity contribution >= 4 is 7.82 Å². The molecule has 0 aliphatic carbocycles. The monoisotopic (exact) mass is 562 g/mol. The van der Waals surface area contributed by atoms with Gasteiger partial charge in [0.25, 0.3) is 0 Å². The molecular formula is C36H35O4P. The minimum atomic E-state index is -4.28. The minimum absolute atomic E-state index is 0.205. The molecule has 5 aromatic carbocycles. The van der Waals surface area contributed by atoms with Crippen molar-refractivity contribution in [2.75, 3.05) is 0 Å². The van der Waals surface area contributed by atoms with Crippen molar-refractivity contribution in [2.24, 2.45) is 0 Å². The predicted molar refractivity (Wildman–Crippen MR) is 168 cm³/mol. The fraction of sp³-hybridized carbons (Fsp3) is 0.167. The molecule has 5 aromatic rings. The van der Waals surface area contributed by atoms with E-state index in [1.54, 1.807) is 12.1 Å². The normalized spacial score (nSPS) is 11.5. The average molecular weight is 563 g/mol. The summed E-state index contributed by atoms with van der Waals surface area (Å²) in [7, 11) is -4.28. The van der Waals surface area contributed by atoms with Crippen LogP contribution < -0.4 is 13.6 Å². The molecule has 5 rings (SSSR count). The summed E-state index contributed by atoms with van der Waals surface area (Å²) in [6.07, 6.45) is 0. The van der Waals surface area contributed by atoms with E-state index in [9.17, 15) is 4.57 Å². The summed E-state index contributed by atoms with van der Waals surface area (Å²) < 4.78 is 33.7. The Labute approximate surface area is 243 Å². The molecule has 208 valence electrons. The van der Waals surface area contributed by atoms with Crippen molar-refractivity contribution in [1.29, 1.82) is 0 Å². The largest absolute Gasteiger partial charge is 0.647 e. The Morgan fingerprint density at radius 2 is 0.854 bits per heavy atom. The minimum Gasteiger partial charge on any atom is -0.386 e. The molecule has 0 atom stereocenters. The molecule has 0 heterocycles. The topological polar surface area (TPSA) is 44.8 Å². The molecule has 0 amide bonds. The molecule has 0 saturated carbocycles. The van der Waals surface area contributed by atoms with Gasteiger partial charge in [-0.1, -0.05) is 131 Å². The van der Waals surface area contributed by atoms with Gasteiger partial charge in [0, 0.05) is 11.1 Å². The second-order valence-corrected chi connectivity index (χ2v) is 12.0. The van der Waals surface area contributed by atoms with E-state index in [0.717, 1.165) is 33.4 Å². The lowest BCUT2D eigenvalue weighted by atomic mass is 9.92. The molecule has 0 aliphatic rings. The van der Waals surface area contributed by atoms with E-state index in [-0.39, 0.29) is 11.8 Å². The van der Waals surface area contributed by atoms with Crippen LogP contribution in [0.5, 0.6) is 17.2 Å². The maximum absolute atomic E-state index is 14.8. The summed E-state index contributed by atoms with van der Waals surface area (Å²) in [6.45, 7) is 8.52. The van der Waals surface area contributed by atoms with E-state index < -0.39 is 7.82 Å². The van der Waals surface area contributed by atoms with Gasteiger partial charge in [-0.15, -0.1) is 0 Å². The van der Waals surface area contributed by atoms with Gasteiger partial charge in [-0.05, 0) is 58.4 Å². The number of phosphoric ester groups is 1. The number of phosphoric acid groups is 1. The van der Waals surface area contributed by atoms with Gasteiger partial charge in [-0.2, -0.15) is 4.57 Å². The molecule has 41 heavy (non-hydrogen) atoms. The van der Waals surface area contributed by atoms with Crippen LogP contribution in [0, 0.1) is 0 Å². The Morgan fingerprint density at radius 3 is 1.24 bits per heavy atom. The summed E-state index contributed by atoms with van der Waals surface area (Å²) in [5, 5.41) is 0. The predicted octanol–water partition coefficient (Wildman–Crippen LogP) is 10.9. The molecule has 0 aliphatic heterocycles. The Morgan fingerprint density at radius 1 is 0.463 bits per heavy atom. The van der Waals surface area contributed by atoms with Gasteiger partial charge < -0.3 is 13.6 Å². The van der Waals surface area contributed by atoms with Crippen LogP contribution in [0.15, 0.2) is 127 Å². The van der Waals surface area contributed by atoms with Crippen LogP contribution in [0.3, 0.4) is 0 Å². The van der Waals surface area contributed by atoms with Gasteiger partial charge in [0.15, 0.2) is 0 Å². The lowest BCUT2D eigenvalue weighted by molar-refractivity contribution is 0.299. The van der Waals surface area contributed by atoms with Crippen LogP contribution >= 0.6 is 7.82 Å². The number of benzene rings is 5. The summed E-state index contributed by atoms with van der Waals surface area (Å²) in [5.74, 6) is 1.66. The van der Waals surface area contributed by atoms with Gasteiger partial charge in [0.1, 0.15) is 17.2 Å². The van der Waals surface area contributed by atoms with Crippen molar-refractivity contribution in [3.63, 3.8) is 0 Å². The van der Waals surface area contributed by atoms with Crippen LogP contribution in [-0.2, 0) is 4.57 Å². The lowest BCUT2D eigenvalue weighted by Gasteiger charge is -2.25. The summed E-state index contributed by atoms with van der Waals surface area (Å²) in [5.41, 5.74) is 5.80. The Kier molecular flexibility index (Phi) is 8.61. The first-order valence-corrected chi connectivity index (χ1v) is 15.4. The molecule has 0 radical (unpaired) electrons. The zero-order chi connectivity index (χ0) is 28.8. The number of hydrogen-bond acceptors (Lipinski definition) is 4. The number of rotatable bonds is 10. The first-order valence-electron chi connectivity index (χ1n) is 13.9. The second-order valence-electron chi connectivity index (χ2n) is 10.5. The Bertz CT molecular complexity index is 1530. The molecule has 0 bridgehead atoms. The van der Waals surface area contributed by atoms with E-state index in [0.29, 0.717) is 17.2 Å². The number of hydrogen-bond donors (Lipinski definition) is 0. The van der Waals surface area contributed by atoms with Gasteiger partial charge >= 0.3 is 7.82 Å². The van der Waals surface area contributed by atoms with Gasteiger partial charge in [0.05, 0.1) is 0 Å². The highest BCUT2D eigenvalue weighted by Crippen LogP contribution is 2.54. The molecule has 0 fully saturated rings. The molecule has 0 saturated heterocycles. The Balaban J connectivity index is 1.65. The van der Waals surface area contributed by atoms with E-state index in [4.69, 9.17) is 13.6 Å². The Hall–Kier alpha value is -4.27. The fourth-order valence-corrected chi connectivity index (χ4v) is 6.22. The van der Waals surface area contributed by atoms with Crippen LogP contribution in [0.25, 0.3) is 22.3 Å². The van der Waals surface area contributed by atoms with Crippen molar-refractivity contribution in [3.8, 4) is 39.5 Å². The third-order valence-corrected chi connectivity index (χ3v) is 8.14. The molecule has 4 nitrogen and oxygen atoms in total. The van der Waals surface area contributed by atoms with Gasteiger partial charge in [0.2, 0.25) is 0 Å². The molecule has 0 N–H and O–H groups in total. The van der Waals surface area contributed by atoms with Crippen molar-refractivity contribution < 1.29 is 18.1 Å². The second kappa shape index (κ2) is 12.5. The summed E-state index contributed by atoms with van der Waals surface area (Å²) >= 11 is 0. The third kappa shape index (κ3) is 6.56. The van der Waals surface area contributed by atoms with Crippen molar-refractivity contribution in [2.45, 2.75) is 39.5 Å². The highest BCUT2D eigenvalue weighted by Gasteiger charge is 2.36. The lowest BCUT2D eigenvalue weighted by Crippen LogP contribution is -2.10. The zero-order valence-corrected chi connectivity index (χ0v) is 24.8. The van der Waals surface area contributed by atoms with E-state index in [1.165, 1.54) is 0 Å². The standard InChI is InChI=1S/C36H35O4P/c1-26(2)31-22-14-24-33(35(31)28-16-8-5-9-17-28)39-41(37,38-30-20-12-7-13-21-30)40-34-25-15-23-32(27(3)4)36(34)29-18-10-6-11-19-29/h5-27H,1-4H3. The third-order valence-electron chi connectivity index (χ3n) is 6.87. The van der Waals surface area contributed by atoms with Gasteiger partial charge in [-0.3, -0.25) is 0 Å². The van der Waals surface area contributed by atoms with Crippen molar-refractivity contribution in [1.82, 2.24) is 0 Å². The van der Waals surface area contributed by atoms with Gasteiger partial charge in [-0.25, -0.2) is 0 Å². The molecule has 0 spiro atoms.